The Kier molecular flexibility index (Phi) is 6.46. The van der Waals surface area contributed by atoms with Crippen molar-refractivity contribution in [2.24, 2.45) is 0 Å². The fraction of sp³-hybridized carbons (Fsp3) is 0.176. The predicted molar refractivity (Wildman–Crippen MR) is 89.5 cm³/mol. The van der Waals surface area contributed by atoms with E-state index in [1.54, 1.807) is 24.3 Å². The minimum atomic E-state index is -1.69. The van der Waals surface area contributed by atoms with Gasteiger partial charge in [-0.05, 0) is 36.4 Å². The molecule has 0 aliphatic carbocycles. The molecule has 0 saturated carbocycles. The highest BCUT2D eigenvalue weighted by Gasteiger charge is 2.18. The molecule has 0 unspecified atom stereocenters. The number of ether oxygens (including phenoxy) is 1. The van der Waals surface area contributed by atoms with Crippen molar-refractivity contribution in [3.8, 4) is 5.75 Å². The van der Waals surface area contributed by atoms with E-state index in [9.17, 15) is 22.8 Å². The molecule has 0 radical (unpaired) electrons. The topological polar surface area (TPSA) is 58.6 Å². The van der Waals surface area contributed by atoms with Gasteiger partial charge in [0.15, 0.2) is 24.1 Å². The van der Waals surface area contributed by atoms with Gasteiger partial charge in [0.2, 0.25) is 5.91 Å². The maximum absolute atomic E-state index is 13.5. The molecule has 1 N–H and O–H groups in total. The normalized spacial score (nSPS) is 10.3. The van der Waals surface area contributed by atoms with Crippen LogP contribution < -0.4 is 10.1 Å². The number of rotatable bonds is 6. The molecule has 2 rings (SSSR count). The maximum atomic E-state index is 13.5. The molecule has 0 bridgehead atoms. The Balaban J connectivity index is 1.87. The molecular weight excluding hydrogens is 373 g/mol. The Morgan fingerprint density at radius 3 is 2.38 bits per heavy atom. The van der Waals surface area contributed by atoms with Crippen LogP contribution in [-0.4, -0.2) is 36.9 Å². The van der Waals surface area contributed by atoms with Crippen LogP contribution in [0.5, 0.6) is 5.75 Å². The summed E-state index contributed by atoms with van der Waals surface area (Å²) in [7, 11) is 1.34. The summed E-state index contributed by atoms with van der Waals surface area (Å²) < 4.78 is 44.8. The van der Waals surface area contributed by atoms with E-state index in [-0.39, 0.29) is 6.61 Å². The maximum Gasteiger partial charge on any atom is 0.260 e. The van der Waals surface area contributed by atoms with E-state index in [4.69, 9.17) is 16.3 Å². The standard InChI is InChI=1S/C17H14ClF3N2O3/c1-23(15(25)9-26-11-4-2-10(18)3-5-11)8-14(24)22-13-7-6-12(19)16(20)17(13)21/h2-7H,8-9H2,1H3,(H,22,24). The molecule has 0 saturated heterocycles. The van der Waals surface area contributed by atoms with Crippen LogP contribution in [0.1, 0.15) is 0 Å². The molecular formula is C17H14ClF3N2O3. The number of amides is 2. The summed E-state index contributed by atoms with van der Waals surface area (Å²) in [4.78, 5) is 24.8. The van der Waals surface area contributed by atoms with Crippen LogP contribution in [0, 0.1) is 17.5 Å². The molecule has 2 amide bonds. The summed E-state index contributed by atoms with van der Waals surface area (Å²) >= 11 is 5.73. The monoisotopic (exact) mass is 386 g/mol. The Morgan fingerprint density at radius 2 is 1.73 bits per heavy atom. The first-order valence-corrected chi connectivity index (χ1v) is 7.71. The van der Waals surface area contributed by atoms with Crippen LogP contribution >= 0.6 is 11.6 Å². The number of hydrogen-bond acceptors (Lipinski definition) is 3. The highest BCUT2D eigenvalue weighted by Crippen LogP contribution is 2.19. The Labute approximate surface area is 152 Å². The number of nitrogens with one attached hydrogen (secondary N) is 1. The lowest BCUT2D eigenvalue weighted by atomic mass is 10.2. The summed E-state index contributed by atoms with van der Waals surface area (Å²) in [6, 6.07) is 7.91. The van der Waals surface area contributed by atoms with Gasteiger partial charge in [-0.15, -0.1) is 0 Å². The van der Waals surface area contributed by atoms with E-state index in [2.05, 4.69) is 5.32 Å². The molecule has 138 valence electrons. The Morgan fingerprint density at radius 1 is 1.08 bits per heavy atom. The molecule has 0 aromatic heterocycles. The Hall–Kier alpha value is -2.74. The van der Waals surface area contributed by atoms with Gasteiger partial charge in [0.1, 0.15) is 5.75 Å². The molecule has 0 atom stereocenters. The van der Waals surface area contributed by atoms with Crippen molar-refractivity contribution in [1.82, 2.24) is 4.90 Å². The van der Waals surface area contributed by atoms with Gasteiger partial charge in [-0.2, -0.15) is 0 Å². The number of hydrogen-bond donors (Lipinski definition) is 1. The quantitative estimate of drug-likeness (QED) is 0.775. The van der Waals surface area contributed by atoms with Crippen LogP contribution in [0.25, 0.3) is 0 Å². The third kappa shape index (κ3) is 5.13. The highest BCUT2D eigenvalue weighted by molar-refractivity contribution is 6.30. The lowest BCUT2D eigenvalue weighted by molar-refractivity contribution is -0.135. The van der Waals surface area contributed by atoms with E-state index in [1.807, 2.05) is 0 Å². The van der Waals surface area contributed by atoms with Crippen LogP contribution in [0.2, 0.25) is 5.02 Å². The zero-order valence-corrected chi connectivity index (χ0v) is 14.3. The minimum absolute atomic E-state index is 0.328. The molecule has 26 heavy (non-hydrogen) atoms. The zero-order valence-electron chi connectivity index (χ0n) is 13.6. The average molecular weight is 387 g/mol. The second-order valence-electron chi connectivity index (χ2n) is 5.26. The number of halogens is 4. The van der Waals surface area contributed by atoms with Gasteiger partial charge in [-0.1, -0.05) is 11.6 Å². The van der Waals surface area contributed by atoms with Crippen molar-refractivity contribution in [3.05, 3.63) is 58.9 Å². The fourth-order valence-corrected chi connectivity index (χ4v) is 2.03. The van der Waals surface area contributed by atoms with Crippen LogP contribution in [0.4, 0.5) is 18.9 Å². The molecule has 0 heterocycles. The molecule has 2 aromatic carbocycles. The number of benzene rings is 2. The van der Waals surface area contributed by atoms with Gasteiger partial charge in [0.05, 0.1) is 12.2 Å². The van der Waals surface area contributed by atoms with Crippen molar-refractivity contribution < 1.29 is 27.5 Å². The van der Waals surface area contributed by atoms with Gasteiger partial charge in [0.25, 0.3) is 5.91 Å². The van der Waals surface area contributed by atoms with E-state index in [0.29, 0.717) is 16.8 Å². The predicted octanol–water partition coefficient (Wildman–Crippen LogP) is 3.23. The smallest absolute Gasteiger partial charge is 0.260 e. The lowest BCUT2D eigenvalue weighted by Crippen LogP contribution is -2.37. The second-order valence-corrected chi connectivity index (χ2v) is 5.70. The first kappa shape index (κ1) is 19.6. The van der Waals surface area contributed by atoms with Gasteiger partial charge in [-0.3, -0.25) is 9.59 Å². The van der Waals surface area contributed by atoms with E-state index in [0.717, 1.165) is 11.0 Å². The van der Waals surface area contributed by atoms with Gasteiger partial charge >= 0.3 is 0 Å². The first-order chi connectivity index (χ1) is 12.3. The molecule has 0 aliphatic heterocycles. The van der Waals surface area contributed by atoms with Crippen LogP contribution in [-0.2, 0) is 9.59 Å². The third-order valence-corrected chi connectivity index (χ3v) is 3.54. The largest absolute Gasteiger partial charge is 0.484 e. The summed E-state index contributed by atoms with van der Waals surface area (Å²) in [6.07, 6.45) is 0. The molecule has 5 nitrogen and oxygen atoms in total. The van der Waals surface area contributed by atoms with Crippen molar-refractivity contribution >= 4 is 29.1 Å². The number of carbonyl (C=O) groups is 2. The SMILES string of the molecule is CN(CC(=O)Nc1ccc(F)c(F)c1F)C(=O)COc1ccc(Cl)cc1. The summed E-state index contributed by atoms with van der Waals surface area (Å²) in [5, 5.41) is 2.59. The Bertz CT molecular complexity index is 816. The van der Waals surface area contributed by atoms with Crippen LogP contribution in [0.15, 0.2) is 36.4 Å². The molecule has 9 heteroatoms. The number of anilines is 1. The van der Waals surface area contributed by atoms with Crippen molar-refractivity contribution in [2.75, 3.05) is 25.5 Å². The molecule has 0 spiro atoms. The third-order valence-electron chi connectivity index (χ3n) is 3.29. The van der Waals surface area contributed by atoms with Crippen molar-refractivity contribution in [2.45, 2.75) is 0 Å². The molecule has 2 aromatic rings. The number of likely N-dealkylation sites (N-methyl/N-ethyl adjacent to an activating group) is 1. The van der Waals surface area contributed by atoms with E-state index >= 15 is 0 Å². The summed E-state index contributed by atoms with van der Waals surface area (Å²) in [5.41, 5.74) is -0.521. The van der Waals surface area contributed by atoms with Crippen molar-refractivity contribution in [1.29, 1.82) is 0 Å². The number of carbonyl (C=O) groups excluding carboxylic acids is 2. The molecule has 0 aliphatic rings. The number of nitrogens with zero attached hydrogens (tertiary/aromatic N) is 1. The fourth-order valence-electron chi connectivity index (χ4n) is 1.90. The second kappa shape index (κ2) is 8.57. The first-order valence-electron chi connectivity index (χ1n) is 7.33. The highest BCUT2D eigenvalue weighted by atomic mass is 35.5. The lowest BCUT2D eigenvalue weighted by Gasteiger charge is -2.17. The van der Waals surface area contributed by atoms with Crippen molar-refractivity contribution in [3.63, 3.8) is 0 Å². The average Bonchev–Trinajstić information content (AvgIpc) is 2.61. The molecule has 0 fully saturated rings. The minimum Gasteiger partial charge on any atom is -0.484 e. The van der Waals surface area contributed by atoms with Crippen LogP contribution in [0.3, 0.4) is 0 Å². The zero-order chi connectivity index (χ0) is 19.3. The van der Waals surface area contributed by atoms with Gasteiger partial charge in [-0.25, -0.2) is 13.2 Å². The van der Waals surface area contributed by atoms with E-state index < -0.39 is 41.5 Å². The van der Waals surface area contributed by atoms with Gasteiger partial charge in [0, 0.05) is 12.1 Å². The van der Waals surface area contributed by atoms with Gasteiger partial charge < -0.3 is 15.0 Å². The van der Waals surface area contributed by atoms with E-state index in [1.165, 1.54) is 7.05 Å². The summed E-state index contributed by atoms with van der Waals surface area (Å²) in [6.45, 7) is -0.758. The summed E-state index contributed by atoms with van der Waals surface area (Å²) in [5.74, 6) is -5.45.